The topological polar surface area (TPSA) is 62.4 Å². The number of para-hydroxylation sites is 2. The third kappa shape index (κ3) is 4.25. The van der Waals surface area contributed by atoms with Crippen molar-refractivity contribution in [2.75, 3.05) is 7.11 Å². The minimum Gasteiger partial charge on any atom is -0.496 e. The minimum absolute atomic E-state index is 0.0183. The summed E-state index contributed by atoms with van der Waals surface area (Å²) in [4.78, 5) is 30.5. The van der Waals surface area contributed by atoms with Crippen LogP contribution in [0.3, 0.4) is 0 Å². The van der Waals surface area contributed by atoms with Crippen LogP contribution in [0, 0.1) is 12.7 Å². The molecule has 1 amide bonds. The number of benzene rings is 3. The zero-order valence-corrected chi connectivity index (χ0v) is 17.9. The molecule has 0 spiro atoms. The summed E-state index contributed by atoms with van der Waals surface area (Å²) in [5.74, 6) is -0.495. The molecule has 0 aliphatic rings. The van der Waals surface area contributed by atoms with Gasteiger partial charge in [0, 0.05) is 17.7 Å². The molecule has 0 saturated carbocycles. The van der Waals surface area contributed by atoms with Crippen LogP contribution in [-0.2, 0) is 13.1 Å². The first-order valence-electron chi connectivity index (χ1n) is 10.2. The van der Waals surface area contributed by atoms with Crippen molar-refractivity contribution in [2.45, 2.75) is 20.0 Å². The predicted octanol–water partition coefficient (Wildman–Crippen LogP) is 4.83. The van der Waals surface area contributed by atoms with Crippen LogP contribution in [0.25, 0.3) is 10.9 Å². The zero-order valence-electron chi connectivity index (χ0n) is 17.9. The quantitative estimate of drug-likeness (QED) is 0.477. The zero-order chi connectivity index (χ0) is 22.7. The van der Waals surface area contributed by atoms with Gasteiger partial charge in [-0.3, -0.25) is 9.59 Å². The van der Waals surface area contributed by atoms with Crippen LogP contribution in [0.15, 0.2) is 77.6 Å². The molecule has 1 aromatic heterocycles. The van der Waals surface area contributed by atoms with Crippen molar-refractivity contribution in [3.05, 3.63) is 111 Å². The molecule has 1 N–H and O–H groups in total. The molecular weight excluding hydrogens is 407 g/mol. The molecule has 0 atom stereocenters. The van der Waals surface area contributed by atoms with Crippen molar-refractivity contribution in [1.82, 2.24) is 9.88 Å². The van der Waals surface area contributed by atoms with Crippen molar-refractivity contribution >= 4 is 16.8 Å². The van der Waals surface area contributed by atoms with Gasteiger partial charge < -0.3 is 14.6 Å². The Bertz CT molecular complexity index is 1350. The third-order valence-corrected chi connectivity index (χ3v) is 5.47. The number of H-pyrrole nitrogens is 1. The number of aromatic nitrogens is 1. The number of amides is 1. The minimum atomic E-state index is -0.606. The van der Waals surface area contributed by atoms with Gasteiger partial charge >= 0.3 is 0 Å². The van der Waals surface area contributed by atoms with E-state index < -0.39 is 11.7 Å². The van der Waals surface area contributed by atoms with Crippen molar-refractivity contribution in [3.8, 4) is 5.75 Å². The van der Waals surface area contributed by atoms with E-state index in [1.165, 1.54) is 23.1 Å². The van der Waals surface area contributed by atoms with Gasteiger partial charge in [0.25, 0.3) is 11.5 Å². The second-order valence-electron chi connectivity index (χ2n) is 7.62. The van der Waals surface area contributed by atoms with E-state index in [0.717, 1.165) is 22.0 Å². The summed E-state index contributed by atoms with van der Waals surface area (Å²) < 4.78 is 19.8. The molecule has 0 aliphatic carbocycles. The molecule has 162 valence electrons. The second kappa shape index (κ2) is 9.06. The average Bonchev–Trinajstić information content (AvgIpc) is 2.80. The highest BCUT2D eigenvalue weighted by Crippen LogP contribution is 2.23. The number of rotatable bonds is 6. The molecule has 0 unspecified atom stereocenters. The molecule has 1 heterocycles. The third-order valence-electron chi connectivity index (χ3n) is 5.47. The molecule has 4 rings (SSSR count). The highest BCUT2D eigenvalue weighted by atomic mass is 19.1. The second-order valence-corrected chi connectivity index (χ2v) is 7.62. The van der Waals surface area contributed by atoms with Gasteiger partial charge in [0.1, 0.15) is 11.6 Å². The van der Waals surface area contributed by atoms with Crippen LogP contribution in [-0.4, -0.2) is 22.9 Å². The normalized spacial score (nSPS) is 10.8. The molecule has 3 aromatic carbocycles. The molecule has 5 nitrogen and oxygen atoms in total. The summed E-state index contributed by atoms with van der Waals surface area (Å²) in [7, 11) is 1.55. The smallest absolute Gasteiger partial charge is 0.257 e. The Kier molecular flexibility index (Phi) is 6.03. The SMILES string of the molecule is COc1ccccc1CN(Cc1cc2cccc(C)c2[nH]c1=O)C(=O)c1ccccc1F. The maximum Gasteiger partial charge on any atom is 0.257 e. The maximum absolute atomic E-state index is 14.4. The van der Waals surface area contributed by atoms with Crippen LogP contribution < -0.4 is 10.3 Å². The summed E-state index contributed by atoms with van der Waals surface area (Å²) in [6, 6.07) is 20.7. The number of methoxy groups -OCH3 is 1. The van der Waals surface area contributed by atoms with Gasteiger partial charge in [-0.1, -0.05) is 48.5 Å². The summed E-state index contributed by atoms with van der Waals surface area (Å²) in [6.07, 6.45) is 0. The Labute approximate surface area is 185 Å². The number of hydrogen-bond acceptors (Lipinski definition) is 3. The van der Waals surface area contributed by atoms with E-state index in [4.69, 9.17) is 4.74 Å². The molecule has 0 fully saturated rings. The Morgan fingerprint density at radius 2 is 1.69 bits per heavy atom. The summed E-state index contributed by atoms with van der Waals surface area (Å²) in [6.45, 7) is 2.10. The van der Waals surface area contributed by atoms with Gasteiger partial charge in [0.2, 0.25) is 0 Å². The average molecular weight is 430 g/mol. The summed E-state index contributed by atoms with van der Waals surface area (Å²) in [5.41, 5.74) is 2.57. The fraction of sp³-hybridized carbons (Fsp3) is 0.154. The van der Waals surface area contributed by atoms with Gasteiger partial charge in [0.15, 0.2) is 0 Å². The standard InChI is InChI=1S/C26H23FN2O3/c1-17-8-7-10-18-14-20(25(30)28-24(17)18)16-29(15-19-9-3-6-13-23(19)32-2)26(31)21-11-4-5-12-22(21)27/h3-14H,15-16H2,1-2H3,(H,28,30). The number of fused-ring (bicyclic) bond motifs is 1. The van der Waals surface area contributed by atoms with E-state index in [9.17, 15) is 14.0 Å². The molecule has 4 aromatic rings. The Balaban J connectivity index is 1.76. The molecule has 0 saturated heterocycles. The van der Waals surface area contributed by atoms with Crippen LogP contribution >= 0.6 is 0 Å². The fourth-order valence-corrected chi connectivity index (χ4v) is 3.80. The van der Waals surface area contributed by atoms with Crippen LogP contribution in [0.5, 0.6) is 5.75 Å². The maximum atomic E-state index is 14.4. The van der Waals surface area contributed by atoms with Crippen LogP contribution in [0.1, 0.15) is 27.0 Å². The van der Waals surface area contributed by atoms with Crippen molar-refractivity contribution < 1.29 is 13.9 Å². The number of aryl methyl sites for hydroxylation is 1. The highest BCUT2D eigenvalue weighted by molar-refractivity contribution is 5.94. The number of pyridine rings is 1. The number of ether oxygens (including phenoxy) is 1. The van der Waals surface area contributed by atoms with Gasteiger partial charge in [-0.25, -0.2) is 4.39 Å². The van der Waals surface area contributed by atoms with E-state index in [1.807, 2.05) is 43.3 Å². The molecule has 0 bridgehead atoms. The lowest BCUT2D eigenvalue weighted by Crippen LogP contribution is -2.33. The van der Waals surface area contributed by atoms with Gasteiger partial charge in [-0.15, -0.1) is 0 Å². The first-order valence-corrected chi connectivity index (χ1v) is 10.2. The van der Waals surface area contributed by atoms with Crippen LogP contribution in [0.2, 0.25) is 0 Å². The molecule has 0 radical (unpaired) electrons. The van der Waals surface area contributed by atoms with Crippen molar-refractivity contribution in [3.63, 3.8) is 0 Å². The number of nitrogens with one attached hydrogen (secondary N) is 1. The first-order chi connectivity index (χ1) is 15.5. The number of hydrogen-bond donors (Lipinski definition) is 1. The largest absolute Gasteiger partial charge is 0.496 e. The van der Waals surface area contributed by atoms with Gasteiger partial charge in [-0.2, -0.15) is 0 Å². The first kappa shape index (κ1) is 21.3. The molecule has 0 aliphatic heterocycles. The van der Waals surface area contributed by atoms with Gasteiger partial charge in [0.05, 0.1) is 24.7 Å². The van der Waals surface area contributed by atoms with Crippen molar-refractivity contribution in [1.29, 1.82) is 0 Å². The molecule has 32 heavy (non-hydrogen) atoms. The molecule has 6 heteroatoms. The lowest BCUT2D eigenvalue weighted by Gasteiger charge is -2.24. The van der Waals surface area contributed by atoms with Gasteiger partial charge in [-0.05, 0) is 42.1 Å². The Morgan fingerprint density at radius 1 is 0.969 bits per heavy atom. The Morgan fingerprint density at radius 3 is 2.47 bits per heavy atom. The summed E-state index contributed by atoms with van der Waals surface area (Å²) in [5, 5.41) is 0.871. The number of nitrogens with zero attached hydrogens (tertiary/aromatic N) is 1. The molecular formula is C26H23FN2O3. The van der Waals surface area contributed by atoms with E-state index in [2.05, 4.69) is 4.98 Å². The lowest BCUT2D eigenvalue weighted by molar-refractivity contribution is 0.0723. The Hall–Kier alpha value is -3.93. The lowest BCUT2D eigenvalue weighted by atomic mass is 10.1. The van der Waals surface area contributed by atoms with Crippen LogP contribution in [0.4, 0.5) is 4.39 Å². The number of aromatic amines is 1. The number of halogens is 1. The number of carbonyl (C=O) groups is 1. The predicted molar refractivity (Wildman–Crippen MR) is 122 cm³/mol. The fourth-order valence-electron chi connectivity index (χ4n) is 3.80. The van der Waals surface area contributed by atoms with Crippen molar-refractivity contribution in [2.24, 2.45) is 0 Å². The summed E-state index contributed by atoms with van der Waals surface area (Å²) >= 11 is 0. The van der Waals surface area contributed by atoms with E-state index in [1.54, 1.807) is 25.3 Å². The van der Waals surface area contributed by atoms with E-state index >= 15 is 0 Å². The van der Waals surface area contributed by atoms with E-state index in [-0.39, 0.29) is 24.2 Å². The number of carbonyl (C=O) groups excluding carboxylic acids is 1. The van der Waals surface area contributed by atoms with E-state index in [0.29, 0.717) is 11.3 Å². The highest BCUT2D eigenvalue weighted by Gasteiger charge is 2.22. The monoisotopic (exact) mass is 430 g/mol.